The lowest BCUT2D eigenvalue weighted by Crippen LogP contribution is -2.33. The smallest absolute Gasteiger partial charge is 0.212 e. The molecule has 13 heavy (non-hydrogen) atoms. The van der Waals surface area contributed by atoms with Gasteiger partial charge in [-0.05, 0) is 13.3 Å². The predicted molar refractivity (Wildman–Crippen MR) is 50.1 cm³/mol. The fraction of sp³-hybridized carbons (Fsp3) is 0.625. The molecule has 0 heterocycles. The largest absolute Gasteiger partial charge is 0.212 e. The third kappa shape index (κ3) is 6.15. The minimum atomic E-state index is -3.31. The van der Waals surface area contributed by atoms with E-state index in [-0.39, 0.29) is 12.2 Å². The minimum Gasteiger partial charge on any atom is -0.212 e. The Hall–Kier alpha value is -1.04. The van der Waals surface area contributed by atoms with Crippen molar-refractivity contribution in [1.82, 2.24) is 4.72 Å². The number of hydrogen-bond acceptors (Lipinski definition) is 3. The van der Waals surface area contributed by atoms with Gasteiger partial charge in [-0.3, -0.25) is 0 Å². The molecule has 0 aliphatic rings. The van der Waals surface area contributed by atoms with Gasteiger partial charge in [-0.2, -0.15) is 5.26 Å². The predicted octanol–water partition coefficient (Wildman–Crippen LogP) is 0.231. The van der Waals surface area contributed by atoms with Crippen LogP contribution in [0.5, 0.6) is 0 Å². The lowest BCUT2D eigenvalue weighted by molar-refractivity contribution is 0.575. The highest BCUT2D eigenvalue weighted by Gasteiger charge is 2.11. The molecule has 0 saturated heterocycles. The van der Waals surface area contributed by atoms with Crippen molar-refractivity contribution >= 4 is 10.0 Å². The first-order chi connectivity index (χ1) is 6.02. The van der Waals surface area contributed by atoms with Gasteiger partial charge in [0.15, 0.2) is 0 Å². The minimum absolute atomic E-state index is 0.0490. The van der Waals surface area contributed by atoms with Crippen molar-refractivity contribution in [3.8, 4) is 18.4 Å². The molecule has 0 aromatic heterocycles. The molecule has 0 amide bonds. The first-order valence-corrected chi connectivity index (χ1v) is 5.50. The zero-order chi connectivity index (χ0) is 10.3. The van der Waals surface area contributed by atoms with Gasteiger partial charge in [0.1, 0.15) is 0 Å². The van der Waals surface area contributed by atoms with Gasteiger partial charge >= 0.3 is 0 Å². The van der Waals surface area contributed by atoms with Crippen molar-refractivity contribution in [2.24, 2.45) is 0 Å². The number of nitriles is 1. The van der Waals surface area contributed by atoms with Crippen molar-refractivity contribution in [2.45, 2.75) is 25.8 Å². The Labute approximate surface area is 79.0 Å². The van der Waals surface area contributed by atoms with Gasteiger partial charge in [0.25, 0.3) is 0 Å². The Morgan fingerprint density at radius 2 is 2.23 bits per heavy atom. The van der Waals surface area contributed by atoms with E-state index in [1.165, 1.54) is 0 Å². The maximum atomic E-state index is 11.2. The summed E-state index contributed by atoms with van der Waals surface area (Å²) in [4.78, 5) is 0. The molecule has 0 bridgehead atoms. The zero-order valence-electron chi connectivity index (χ0n) is 7.45. The molecule has 0 spiro atoms. The van der Waals surface area contributed by atoms with Crippen molar-refractivity contribution < 1.29 is 8.42 Å². The molecular weight excluding hydrogens is 188 g/mol. The average molecular weight is 200 g/mol. The maximum Gasteiger partial charge on any atom is 0.212 e. The molecular formula is C8H12N2O2S. The van der Waals surface area contributed by atoms with Crippen LogP contribution in [0.2, 0.25) is 0 Å². The van der Waals surface area contributed by atoms with Gasteiger partial charge in [-0.15, -0.1) is 6.42 Å². The molecule has 1 atom stereocenters. The molecule has 0 radical (unpaired) electrons. The van der Waals surface area contributed by atoms with Crippen LogP contribution in [-0.4, -0.2) is 20.2 Å². The van der Waals surface area contributed by atoms with E-state index in [4.69, 9.17) is 11.7 Å². The van der Waals surface area contributed by atoms with Gasteiger partial charge in [-0.25, -0.2) is 13.1 Å². The standard InChI is InChI=1S/C8H12N2O2S/c1-3-8(2)10-13(11,12)7-5-4-6-9/h1,8,10H,4-5,7H2,2H3/t8-/m1/s1. The van der Waals surface area contributed by atoms with Crippen LogP contribution in [0.15, 0.2) is 0 Å². The van der Waals surface area contributed by atoms with Gasteiger partial charge in [0.2, 0.25) is 10.0 Å². The number of hydrogen-bond donors (Lipinski definition) is 1. The van der Waals surface area contributed by atoms with E-state index in [2.05, 4.69) is 10.6 Å². The lowest BCUT2D eigenvalue weighted by Gasteiger charge is -2.07. The molecule has 0 aromatic carbocycles. The Kier molecular flexibility index (Phi) is 5.13. The average Bonchev–Trinajstić information content (AvgIpc) is 2.03. The fourth-order valence-electron chi connectivity index (χ4n) is 0.704. The van der Waals surface area contributed by atoms with Crippen LogP contribution in [-0.2, 0) is 10.0 Å². The highest BCUT2D eigenvalue weighted by atomic mass is 32.2. The van der Waals surface area contributed by atoms with E-state index < -0.39 is 16.1 Å². The lowest BCUT2D eigenvalue weighted by atomic mass is 10.4. The monoisotopic (exact) mass is 200 g/mol. The van der Waals surface area contributed by atoms with Gasteiger partial charge < -0.3 is 0 Å². The number of nitrogens with zero attached hydrogens (tertiary/aromatic N) is 1. The first-order valence-electron chi connectivity index (χ1n) is 3.85. The number of nitrogens with one attached hydrogen (secondary N) is 1. The molecule has 1 N–H and O–H groups in total. The van der Waals surface area contributed by atoms with Gasteiger partial charge in [0.05, 0.1) is 17.9 Å². The summed E-state index contributed by atoms with van der Waals surface area (Å²) in [5.41, 5.74) is 0. The SMILES string of the molecule is C#C[C@@H](C)NS(=O)(=O)CCCC#N. The van der Waals surface area contributed by atoms with Crippen LogP contribution in [0, 0.1) is 23.7 Å². The van der Waals surface area contributed by atoms with E-state index in [0.717, 1.165) is 0 Å². The first kappa shape index (κ1) is 12.0. The summed E-state index contributed by atoms with van der Waals surface area (Å²) >= 11 is 0. The van der Waals surface area contributed by atoms with Crippen molar-refractivity contribution in [3.05, 3.63) is 0 Å². The Bertz CT molecular complexity index is 321. The van der Waals surface area contributed by atoms with Crippen molar-refractivity contribution in [3.63, 3.8) is 0 Å². The molecule has 0 rings (SSSR count). The fourth-order valence-corrected chi connectivity index (χ4v) is 1.95. The molecule has 5 heteroatoms. The van der Waals surface area contributed by atoms with Crippen molar-refractivity contribution in [2.75, 3.05) is 5.75 Å². The Morgan fingerprint density at radius 1 is 1.62 bits per heavy atom. The second-order valence-corrected chi connectivity index (χ2v) is 4.46. The highest BCUT2D eigenvalue weighted by Crippen LogP contribution is 1.94. The van der Waals surface area contributed by atoms with Crippen LogP contribution >= 0.6 is 0 Å². The van der Waals surface area contributed by atoms with Crippen LogP contribution in [0.3, 0.4) is 0 Å². The molecule has 0 unspecified atom stereocenters. The van der Waals surface area contributed by atoms with E-state index in [0.29, 0.717) is 6.42 Å². The summed E-state index contributed by atoms with van der Waals surface area (Å²) in [6, 6.07) is 1.38. The summed E-state index contributed by atoms with van der Waals surface area (Å²) in [5, 5.41) is 8.19. The van der Waals surface area contributed by atoms with Crippen LogP contribution in [0.1, 0.15) is 19.8 Å². The molecule has 0 fully saturated rings. The summed E-state index contributed by atoms with van der Waals surface area (Å²) < 4.78 is 24.6. The summed E-state index contributed by atoms with van der Waals surface area (Å²) in [6.07, 6.45) is 5.58. The quantitative estimate of drug-likeness (QED) is 0.510. The topological polar surface area (TPSA) is 70.0 Å². The molecule has 4 nitrogen and oxygen atoms in total. The number of sulfonamides is 1. The molecule has 0 aliphatic carbocycles. The number of terminal acetylenes is 1. The van der Waals surface area contributed by atoms with Crippen molar-refractivity contribution in [1.29, 1.82) is 5.26 Å². The Balaban J connectivity index is 3.98. The van der Waals surface area contributed by atoms with E-state index in [1.807, 2.05) is 6.07 Å². The van der Waals surface area contributed by atoms with E-state index >= 15 is 0 Å². The molecule has 72 valence electrons. The number of unbranched alkanes of at least 4 members (excludes halogenated alkanes) is 1. The van der Waals surface area contributed by atoms with E-state index in [1.54, 1.807) is 6.92 Å². The molecule has 0 saturated carbocycles. The second-order valence-electron chi connectivity index (χ2n) is 2.59. The van der Waals surface area contributed by atoms with Crippen LogP contribution in [0.25, 0.3) is 0 Å². The molecule has 0 aliphatic heterocycles. The third-order valence-corrected chi connectivity index (χ3v) is 2.85. The zero-order valence-corrected chi connectivity index (χ0v) is 8.26. The van der Waals surface area contributed by atoms with Crippen LogP contribution < -0.4 is 4.72 Å². The Morgan fingerprint density at radius 3 is 2.69 bits per heavy atom. The molecule has 0 aromatic rings. The summed E-state index contributed by atoms with van der Waals surface area (Å²) in [6.45, 7) is 1.59. The van der Waals surface area contributed by atoms with Gasteiger partial charge in [-0.1, -0.05) is 5.92 Å². The van der Waals surface area contributed by atoms with Crippen LogP contribution in [0.4, 0.5) is 0 Å². The summed E-state index contributed by atoms with van der Waals surface area (Å²) in [5.74, 6) is 2.21. The third-order valence-electron chi connectivity index (χ3n) is 1.31. The maximum absolute atomic E-state index is 11.2. The summed E-state index contributed by atoms with van der Waals surface area (Å²) in [7, 11) is -3.31. The number of rotatable bonds is 5. The highest BCUT2D eigenvalue weighted by molar-refractivity contribution is 7.89. The van der Waals surface area contributed by atoms with E-state index in [9.17, 15) is 8.42 Å². The normalized spacial score (nSPS) is 12.8. The van der Waals surface area contributed by atoms with Gasteiger partial charge in [0, 0.05) is 6.42 Å². The second kappa shape index (κ2) is 5.58.